The van der Waals surface area contributed by atoms with Crippen molar-refractivity contribution in [2.45, 2.75) is 96.4 Å². The van der Waals surface area contributed by atoms with Crippen molar-refractivity contribution in [1.82, 2.24) is 15.1 Å². The van der Waals surface area contributed by atoms with Crippen molar-refractivity contribution < 1.29 is 24.2 Å². The van der Waals surface area contributed by atoms with E-state index in [1.807, 2.05) is 30.9 Å². The number of hydrogen-bond donors (Lipinski definition) is 3. The first-order valence-corrected chi connectivity index (χ1v) is 17.3. The minimum Gasteiger partial charge on any atom is -0.390 e. The van der Waals surface area contributed by atoms with Gasteiger partial charge in [-0.2, -0.15) is 0 Å². The number of ether oxygens (including phenoxy) is 1. The van der Waals surface area contributed by atoms with E-state index < -0.39 is 17.7 Å². The number of amides is 3. The zero-order valence-corrected chi connectivity index (χ0v) is 27.8. The van der Waals surface area contributed by atoms with Crippen LogP contribution in [0, 0.1) is 11.8 Å². The van der Waals surface area contributed by atoms with Gasteiger partial charge in [0.25, 0.3) is 0 Å². The van der Waals surface area contributed by atoms with Gasteiger partial charge in [0.05, 0.1) is 6.10 Å². The van der Waals surface area contributed by atoms with E-state index in [1.54, 1.807) is 0 Å². The number of nitrogens with one attached hydrogen (secondary N) is 2. The second kappa shape index (κ2) is 15.5. The lowest BCUT2D eigenvalue weighted by molar-refractivity contribution is -0.166. The molecule has 0 aromatic heterocycles. The Morgan fingerprint density at radius 1 is 1.00 bits per heavy atom. The molecule has 3 saturated heterocycles. The molecule has 9 heteroatoms. The second-order valence-electron chi connectivity index (χ2n) is 13.9. The Balaban J connectivity index is 1.16. The summed E-state index contributed by atoms with van der Waals surface area (Å²) in [4.78, 5) is 43.9. The van der Waals surface area contributed by atoms with Crippen LogP contribution in [0.25, 0.3) is 0 Å². The zero-order valence-electron chi connectivity index (χ0n) is 27.8. The molecule has 0 unspecified atom stereocenters. The molecular formula is C37H52N4O5. The first-order valence-electron chi connectivity index (χ1n) is 17.3. The summed E-state index contributed by atoms with van der Waals surface area (Å²) in [6, 6.07) is 15.8. The van der Waals surface area contributed by atoms with Gasteiger partial charge in [0.1, 0.15) is 11.6 Å². The molecule has 5 rings (SSSR count). The zero-order chi connectivity index (χ0) is 32.7. The fraction of sp³-hybridized carbons (Fsp3) is 0.595. The Morgan fingerprint density at radius 2 is 1.61 bits per heavy atom. The van der Waals surface area contributed by atoms with Gasteiger partial charge in [-0.25, -0.2) is 0 Å². The lowest BCUT2D eigenvalue weighted by Crippen LogP contribution is -2.75. The lowest BCUT2D eigenvalue weighted by atomic mass is 9.79. The number of likely N-dealkylation sites (tertiary alicyclic amines) is 1. The highest BCUT2D eigenvalue weighted by molar-refractivity contribution is 6.00. The van der Waals surface area contributed by atoms with Gasteiger partial charge in [0, 0.05) is 51.5 Å². The van der Waals surface area contributed by atoms with Crippen LogP contribution in [0.15, 0.2) is 48.5 Å². The van der Waals surface area contributed by atoms with Crippen LogP contribution in [0.3, 0.4) is 0 Å². The topological polar surface area (TPSA) is 111 Å². The van der Waals surface area contributed by atoms with Gasteiger partial charge in [0.2, 0.25) is 17.7 Å². The van der Waals surface area contributed by atoms with Gasteiger partial charge < -0.3 is 25.4 Å². The highest BCUT2D eigenvalue weighted by Gasteiger charge is 2.55. The molecule has 3 N–H and O–H groups in total. The summed E-state index contributed by atoms with van der Waals surface area (Å²) in [6.07, 6.45) is 4.75. The summed E-state index contributed by atoms with van der Waals surface area (Å²) in [5.74, 6) is 0.0690. The quantitative estimate of drug-likeness (QED) is 0.318. The van der Waals surface area contributed by atoms with Crippen molar-refractivity contribution in [1.29, 1.82) is 0 Å². The molecule has 0 aliphatic carbocycles. The maximum atomic E-state index is 13.9. The fourth-order valence-electron chi connectivity index (χ4n) is 7.16. The van der Waals surface area contributed by atoms with E-state index in [-0.39, 0.29) is 23.6 Å². The number of hydrogen-bond acceptors (Lipinski definition) is 6. The largest absolute Gasteiger partial charge is 0.390 e. The van der Waals surface area contributed by atoms with Crippen molar-refractivity contribution in [3.63, 3.8) is 0 Å². The standard InChI is InChI=1S/C37H52N4O5/c1-4-5-18-41-35(44)33(34(43)30-14-21-46-22-15-30)39-36(45)37(41)16-19-40(20-17-37)25-29-8-6-27(7-9-29)24-28-10-12-31(13-11-28)38-32(42)23-26(2)3/h6-13,26,30,33-34,43H,4-5,14-25H2,1-3H3,(H,38,42)(H,39,45)/t33-,34-/m1/s1. The van der Waals surface area contributed by atoms with Crippen LogP contribution in [0.5, 0.6) is 0 Å². The van der Waals surface area contributed by atoms with Crippen molar-refractivity contribution in [2.75, 3.05) is 38.2 Å². The van der Waals surface area contributed by atoms with Gasteiger partial charge >= 0.3 is 0 Å². The van der Waals surface area contributed by atoms with Crippen LogP contribution in [0.4, 0.5) is 5.69 Å². The molecule has 2 aromatic rings. The third-order valence-corrected chi connectivity index (χ3v) is 9.94. The van der Waals surface area contributed by atoms with Crippen molar-refractivity contribution in [3.05, 3.63) is 65.2 Å². The Kier molecular flexibility index (Phi) is 11.5. The second-order valence-corrected chi connectivity index (χ2v) is 13.9. The maximum absolute atomic E-state index is 13.9. The Morgan fingerprint density at radius 3 is 2.22 bits per heavy atom. The molecule has 1 spiro atoms. The minimum absolute atomic E-state index is 0.0427. The van der Waals surface area contributed by atoms with Crippen LogP contribution in [0.1, 0.15) is 82.4 Å². The predicted octanol–water partition coefficient (Wildman–Crippen LogP) is 4.51. The molecule has 3 aliphatic heterocycles. The van der Waals surface area contributed by atoms with Gasteiger partial charge in [-0.3, -0.25) is 19.3 Å². The summed E-state index contributed by atoms with van der Waals surface area (Å²) in [6.45, 7) is 10.1. The SMILES string of the molecule is CCCCN1C(=O)[C@@H]([C@H](O)C2CCOCC2)NC(=O)C12CCN(Cc1ccc(Cc3ccc(NC(=O)CC(C)C)cc3)cc1)CC2. The molecule has 0 saturated carbocycles. The number of anilines is 1. The predicted molar refractivity (Wildman–Crippen MR) is 179 cm³/mol. The number of carbonyl (C=O) groups excluding carboxylic acids is 3. The van der Waals surface area contributed by atoms with E-state index in [9.17, 15) is 19.5 Å². The third-order valence-electron chi connectivity index (χ3n) is 9.94. The normalized spacial score (nSPS) is 21.4. The summed E-state index contributed by atoms with van der Waals surface area (Å²) < 4.78 is 5.44. The molecule has 3 amide bonds. The highest BCUT2D eigenvalue weighted by atomic mass is 16.5. The maximum Gasteiger partial charge on any atom is 0.248 e. The van der Waals surface area contributed by atoms with Gasteiger partial charge in [-0.15, -0.1) is 0 Å². The van der Waals surface area contributed by atoms with Crippen LogP contribution in [0.2, 0.25) is 0 Å². The molecule has 3 fully saturated rings. The molecule has 0 bridgehead atoms. The Hall–Kier alpha value is -3.27. The summed E-state index contributed by atoms with van der Waals surface area (Å²) in [7, 11) is 0. The molecule has 2 aromatic carbocycles. The first kappa shape index (κ1) is 34.1. The van der Waals surface area contributed by atoms with Gasteiger partial charge in [-0.1, -0.05) is 63.6 Å². The van der Waals surface area contributed by atoms with E-state index in [0.717, 1.165) is 44.6 Å². The van der Waals surface area contributed by atoms with Crippen LogP contribution >= 0.6 is 0 Å². The number of benzene rings is 2. The molecule has 0 radical (unpaired) electrons. The fourth-order valence-corrected chi connectivity index (χ4v) is 7.16. The van der Waals surface area contributed by atoms with Gasteiger partial charge in [0.15, 0.2) is 0 Å². The van der Waals surface area contributed by atoms with Crippen LogP contribution in [-0.2, 0) is 32.1 Å². The van der Waals surface area contributed by atoms with E-state index >= 15 is 0 Å². The van der Waals surface area contributed by atoms with Crippen molar-refractivity contribution in [3.8, 4) is 0 Å². The number of aliphatic hydroxyl groups is 1. The first-order chi connectivity index (χ1) is 22.2. The molecule has 2 atom stereocenters. The van der Waals surface area contributed by atoms with E-state index in [1.165, 1.54) is 16.7 Å². The summed E-state index contributed by atoms with van der Waals surface area (Å²) in [5, 5.41) is 17.1. The summed E-state index contributed by atoms with van der Waals surface area (Å²) >= 11 is 0. The molecule has 250 valence electrons. The number of unbranched alkanes of at least 4 members (excludes halogenated alkanes) is 1. The number of piperazine rings is 1. The average molecular weight is 633 g/mol. The number of aliphatic hydroxyl groups excluding tert-OH is 1. The van der Waals surface area contributed by atoms with E-state index in [4.69, 9.17) is 4.74 Å². The van der Waals surface area contributed by atoms with Crippen molar-refractivity contribution in [2.24, 2.45) is 11.8 Å². The average Bonchev–Trinajstić information content (AvgIpc) is 3.05. The lowest BCUT2D eigenvalue weighted by Gasteiger charge is -2.52. The van der Waals surface area contributed by atoms with E-state index in [0.29, 0.717) is 57.8 Å². The number of piperidine rings is 1. The highest BCUT2D eigenvalue weighted by Crippen LogP contribution is 2.35. The Labute approximate surface area is 274 Å². The summed E-state index contributed by atoms with van der Waals surface area (Å²) in [5.41, 5.74) is 3.59. The third kappa shape index (κ3) is 8.17. The molecule has 3 heterocycles. The number of nitrogens with zero attached hydrogens (tertiary/aromatic N) is 2. The minimum atomic E-state index is -0.897. The van der Waals surface area contributed by atoms with Gasteiger partial charge in [-0.05, 0) is 79.2 Å². The Bertz CT molecular complexity index is 1310. The number of rotatable bonds is 12. The molecule has 46 heavy (non-hydrogen) atoms. The smallest absolute Gasteiger partial charge is 0.248 e. The van der Waals surface area contributed by atoms with Crippen molar-refractivity contribution >= 4 is 23.4 Å². The monoisotopic (exact) mass is 632 g/mol. The van der Waals surface area contributed by atoms with Crippen LogP contribution < -0.4 is 10.6 Å². The molecule has 9 nitrogen and oxygen atoms in total. The van der Waals surface area contributed by atoms with E-state index in [2.05, 4.69) is 58.9 Å². The molecule has 3 aliphatic rings. The molecular weight excluding hydrogens is 580 g/mol. The van der Waals surface area contributed by atoms with Crippen LogP contribution in [-0.4, -0.2) is 83.2 Å². The number of carbonyl (C=O) groups is 3.